The van der Waals surface area contributed by atoms with Gasteiger partial charge in [0.1, 0.15) is 18.0 Å². The van der Waals surface area contributed by atoms with Crippen LogP contribution in [0.3, 0.4) is 0 Å². The molecule has 0 bridgehead atoms. The first-order valence-electron chi connectivity index (χ1n) is 12.1. The fourth-order valence-electron chi connectivity index (χ4n) is 4.31. The zero-order valence-electron chi connectivity index (χ0n) is 20.4. The van der Waals surface area contributed by atoms with Crippen molar-refractivity contribution in [3.63, 3.8) is 0 Å². The monoisotopic (exact) mass is 601 g/mol. The lowest BCUT2D eigenvalue weighted by atomic mass is 9.87. The summed E-state index contributed by atoms with van der Waals surface area (Å²) in [6.45, 7) is 7.62. The Morgan fingerprint density at radius 1 is 1.29 bits per heavy atom. The third-order valence-electron chi connectivity index (χ3n) is 6.25. The van der Waals surface area contributed by atoms with Gasteiger partial charge in [0.15, 0.2) is 0 Å². The lowest BCUT2D eigenvalue weighted by Crippen LogP contribution is -2.57. The first-order chi connectivity index (χ1) is 16.8. The van der Waals surface area contributed by atoms with Crippen LogP contribution in [0.1, 0.15) is 20.3 Å². The van der Waals surface area contributed by atoms with E-state index in [0.29, 0.717) is 37.6 Å². The predicted octanol–water partition coefficient (Wildman–Crippen LogP) is 1.02. The van der Waals surface area contributed by atoms with Crippen molar-refractivity contribution in [2.75, 3.05) is 52.5 Å². The van der Waals surface area contributed by atoms with Crippen LogP contribution in [0.5, 0.6) is 5.75 Å². The number of nitrogens with one attached hydrogen (secondary N) is 1. The van der Waals surface area contributed by atoms with Gasteiger partial charge >= 0.3 is 0 Å². The minimum absolute atomic E-state index is 0.0765. The van der Waals surface area contributed by atoms with Gasteiger partial charge in [0.2, 0.25) is 11.8 Å². The van der Waals surface area contributed by atoms with E-state index >= 15 is 0 Å². The van der Waals surface area contributed by atoms with Gasteiger partial charge in [-0.05, 0) is 40.8 Å². The molecule has 1 fully saturated rings. The average molecular weight is 601 g/mol. The molecular weight excluding hydrogens is 565 g/mol. The van der Waals surface area contributed by atoms with Crippen LogP contribution in [0.4, 0.5) is 0 Å². The number of aliphatic hydroxyl groups excluding tert-OH is 2. The van der Waals surface area contributed by atoms with Crippen LogP contribution in [0.15, 0.2) is 35.9 Å². The summed E-state index contributed by atoms with van der Waals surface area (Å²) < 4.78 is 12.5. The van der Waals surface area contributed by atoms with Gasteiger partial charge in [-0.3, -0.25) is 14.5 Å². The smallest absolute Gasteiger partial charge is 0.247 e. The molecule has 0 unspecified atom stereocenters. The van der Waals surface area contributed by atoms with Crippen molar-refractivity contribution in [3.05, 3.63) is 39.5 Å². The van der Waals surface area contributed by atoms with Crippen LogP contribution in [0, 0.1) is 9.49 Å². The average Bonchev–Trinajstić information content (AvgIpc) is 2.86. The van der Waals surface area contributed by atoms with E-state index in [1.807, 2.05) is 38.1 Å². The molecule has 2 aliphatic rings. The topological polar surface area (TPSA) is 112 Å². The van der Waals surface area contributed by atoms with Crippen LogP contribution in [-0.4, -0.2) is 103 Å². The summed E-state index contributed by atoms with van der Waals surface area (Å²) in [6.07, 6.45) is 0.000993. The Hall–Kier alpha value is -1.73. The van der Waals surface area contributed by atoms with Crippen molar-refractivity contribution in [2.45, 2.75) is 38.5 Å². The minimum Gasteiger partial charge on any atom is -0.482 e. The quantitative estimate of drug-likeness (QED) is 0.344. The second kappa shape index (κ2) is 13.5. The van der Waals surface area contributed by atoms with Crippen molar-refractivity contribution in [3.8, 4) is 5.75 Å². The highest BCUT2D eigenvalue weighted by Crippen LogP contribution is 2.30. The Labute approximate surface area is 220 Å². The second-order valence-electron chi connectivity index (χ2n) is 9.09. The van der Waals surface area contributed by atoms with E-state index in [-0.39, 0.29) is 37.3 Å². The summed E-state index contributed by atoms with van der Waals surface area (Å²) in [5.41, 5.74) is 0.428. The van der Waals surface area contributed by atoms with Gasteiger partial charge in [0.05, 0.1) is 29.4 Å². The van der Waals surface area contributed by atoms with Gasteiger partial charge in [0, 0.05) is 50.6 Å². The second-order valence-corrected chi connectivity index (χ2v) is 10.2. The lowest BCUT2D eigenvalue weighted by Gasteiger charge is -2.42. The van der Waals surface area contributed by atoms with Crippen LogP contribution in [0.25, 0.3) is 0 Å². The van der Waals surface area contributed by atoms with Crippen molar-refractivity contribution in [2.24, 2.45) is 5.92 Å². The summed E-state index contributed by atoms with van der Waals surface area (Å²) in [4.78, 5) is 30.1. The highest BCUT2D eigenvalue weighted by Gasteiger charge is 2.41. The fraction of sp³-hybridized carbons (Fsp3) is 0.600. The number of carbonyl (C=O) groups is 2. The molecule has 0 spiro atoms. The third-order valence-corrected chi connectivity index (χ3v) is 7.14. The third kappa shape index (κ3) is 7.63. The van der Waals surface area contributed by atoms with Gasteiger partial charge in [-0.2, -0.15) is 0 Å². The molecule has 3 atom stereocenters. The normalized spacial score (nSPS) is 23.0. The number of ether oxygens (including phenoxy) is 2. The zero-order chi connectivity index (χ0) is 25.4. The maximum absolute atomic E-state index is 13.3. The molecule has 0 aromatic heterocycles. The largest absolute Gasteiger partial charge is 0.482 e. The molecule has 2 amide bonds. The lowest BCUT2D eigenvalue weighted by molar-refractivity contribution is -0.142. The number of nitrogens with zero attached hydrogens (tertiary/aromatic N) is 2. The highest BCUT2D eigenvalue weighted by molar-refractivity contribution is 14.1. The van der Waals surface area contributed by atoms with Crippen molar-refractivity contribution in [1.29, 1.82) is 0 Å². The highest BCUT2D eigenvalue weighted by atomic mass is 127. The van der Waals surface area contributed by atoms with Crippen LogP contribution in [-0.2, 0) is 14.3 Å². The Kier molecular flexibility index (Phi) is 10.8. The molecular formula is C25H36IN3O6. The molecule has 1 heterocycles. The molecule has 1 saturated heterocycles. The van der Waals surface area contributed by atoms with E-state index in [4.69, 9.17) is 14.6 Å². The molecule has 10 heteroatoms. The first kappa shape index (κ1) is 27.9. The number of hydrogen-bond donors (Lipinski definition) is 3. The molecule has 0 saturated carbocycles. The Bertz CT molecular complexity index is 890. The number of rotatable bonds is 10. The Morgan fingerprint density at radius 3 is 2.66 bits per heavy atom. The summed E-state index contributed by atoms with van der Waals surface area (Å²) in [7, 11) is 0. The van der Waals surface area contributed by atoms with Gasteiger partial charge < -0.3 is 29.9 Å². The number of carbonyl (C=O) groups excluding carboxylic acids is 2. The number of halogens is 1. The summed E-state index contributed by atoms with van der Waals surface area (Å²) in [6, 6.07) is 6.83. The molecule has 3 rings (SSSR count). The van der Waals surface area contributed by atoms with E-state index in [0.717, 1.165) is 16.7 Å². The SMILES string of the molecule is CC(C)C(=O)N(CCN1CCOCC1)[C@@H]1CC(C(=O)NCCO)=C[C@H](Oc2ccccc2I)[C@H]1O. The van der Waals surface area contributed by atoms with Crippen LogP contribution < -0.4 is 10.1 Å². The minimum atomic E-state index is -1.02. The molecule has 1 aromatic rings. The predicted molar refractivity (Wildman–Crippen MR) is 140 cm³/mol. The molecule has 35 heavy (non-hydrogen) atoms. The molecule has 9 nitrogen and oxygen atoms in total. The molecule has 1 aliphatic carbocycles. The van der Waals surface area contributed by atoms with Gasteiger partial charge in [-0.15, -0.1) is 0 Å². The zero-order valence-corrected chi connectivity index (χ0v) is 22.5. The maximum Gasteiger partial charge on any atom is 0.247 e. The first-order valence-corrected chi connectivity index (χ1v) is 13.2. The molecule has 1 aliphatic heterocycles. The Morgan fingerprint density at radius 2 is 2.00 bits per heavy atom. The number of hydrogen-bond acceptors (Lipinski definition) is 7. The maximum atomic E-state index is 13.3. The number of morpholine rings is 1. The molecule has 3 N–H and O–H groups in total. The summed E-state index contributed by atoms with van der Waals surface area (Å²) >= 11 is 2.16. The summed E-state index contributed by atoms with van der Waals surface area (Å²) in [5.74, 6) is -0.0806. The van der Waals surface area contributed by atoms with Gasteiger partial charge in [-0.25, -0.2) is 0 Å². The molecule has 1 aromatic carbocycles. The van der Waals surface area contributed by atoms with Gasteiger partial charge in [-0.1, -0.05) is 26.0 Å². The number of para-hydroxylation sites is 1. The number of amides is 2. The van der Waals surface area contributed by atoms with Crippen LogP contribution >= 0.6 is 22.6 Å². The molecule has 194 valence electrons. The van der Waals surface area contributed by atoms with Crippen LogP contribution in [0.2, 0.25) is 0 Å². The van der Waals surface area contributed by atoms with E-state index in [2.05, 4.69) is 32.8 Å². The van der Waals surface area contributed by atoms with Crippen molar-refractivity contribution in [1.82, 2.24) is 15.1 Å². The van der Waals surface area contributed by atoms with E-state index in [9.17, 15) is 14.7 Å². The Balaban J connectivity index is 1.88. The van der Waals surface area contributed by atoms with Gasteiger partial charge in [0.25, 0.3) is 0 Å². The number of aliphatic hydroxyl groups is 2. The standard InChI is InChI=1S/C25H36IN3O6/c1-17(2)25(33)29(9-8-28-10-13-34-14-11-28)20-15-18(24(32)27-7-12-30)16-22(23(20)31)35-21-6-4-3-5-19(21)26/h3-6,16-17,20,22-23,30-31H,7-15H2,1-2H3,(H,27,32)/t20-,22+,23+/m1/s1. The van der Waals surface area contributed by atoms with Crippen molar-refractivity contribution < 1.29 is 29.3 Å². The summed E-state index contributed by atoms with van der Waals surface area (Å²) in [5, 5.41) is 23.2. The van der Waals surface area contributed by atoms with E-state index in [1.165, 1.54) is 0 Å². The van der Waals surface area contributed by atoms with E-state index in [1.54, 1.807) is 11.0 Å². The van der Waals surface area contributed by atoms with E-state index < -0.39 is 18.2 Å². The molecule has 0 radical (unpaired) electrons. The number of benzene rings is 1. The fourth-order valence-corrected chi connectivity index (χ4v) is 4.83. The van der Waals surface area contributed by atoms with Crippen molar-refractivity contribution >= 4 is 34.4 Å².